The topological polar surface area (TPSA) is 46.3 Å². The van der Waals surface area contributed by atoms with E-state index in [0.717, 1.165) is 55.6 Å². The molecule has 2 aliphatic rings. The molecule has 1 fully saturated rings. The van der Waals surface area contributed by atoms with Crippen LogP contribution < -0.4 is 9.64 Å². The number of nitrogens with zero attached hydrogens (tertiary/aromatic N) is 2. The molecule has 0 atom stereocenters. The van der Waals surface area contributed by atoms with Crippen LogP contribution in [0.5, 0.6) is 5.75 Å². The number of carbonyl (C=O) groups is 1. The Morgan fingerprint density at radius 2 is 1.83 bits per heavy atom. The van der Waals surface area contributed by atoms with Gasteiger partial charge in [-0.1, -0.05) is 49.4 Å². The number of hydrogen-bond acceptors (Lipinski definition) is 4. The molecular weight excluding hydrogens is 394 g/mol. The molecule has 6 heteroatoms. The number of nitrogens with one attached hydrogen (secondary N) is 1. The van der Waals surface area contributed by atoms with Gasteiger partial charge in [-0.15, -0.1) is 0 Å². The van der Waals surface area contributed by atoms with Crippen molar-refractivity contribution in [3.63, 3.8) is 0 Å². The van der Waals surface area contributed by atoms with E-state index in [9.17, 15) is 4.79 Å². The Morgan fingerprint density at radius 1 is 1.10 bits per heavy atom. The molecule has 0 saturated carbocycles. The average Bonchev–Trinajstić information content (AvgIpc) is 3.14. The van der Waals surface area contributed by atoms with Crippen LogP contribution in [0.1, 0.15) is 24.5 Å². The second-order valence-corrected chi connectivity index (χ2v) is 8.64. The predicted molar refractivity (Wildman–Crippen MR) is 123 cm³/mol. The van der Waals surface area contributed by atoms with Crippen molar-refractivity contribution < 1.29 is 14.4 Å². The lowest BCUT2D eigenvalue weighted by molar-refractivity contribution is -0.917. The number of quaternary nitrogens is 1. The van der Waals surface area contributed by atoms with Crippen molar-refractivity contribution >= 4 is 28.9 Å². The maximum Gasteiger partial charge on any atom is 0.286 e. The van der Waals surface area contributed by atoms with Gasteiger partial charge in [0.05, 0.1) is 37.7 Å². The smallest absolute Gasteiger partial charge is 0.286 e. The van der Waals surface area contributed by atoms with E-state index in [0.29, 0.717) is 11.5 Å². The zero-order valence-corrected chi connectivity index (χ0v) is 18.2. The van der Waals surface area contributed by atoms with Crippen molar-refractivity contribution in [3.8, 4) is 5.75 Å². The number of aliphatic imine (C=N–C) groups is 1. The van der Waals surface area contributed by atoms with Gasteiger partial charge in [-0.2, -0.15) is 4.99 Å². The number of amidine groups is 1. The van der Waals surface area contributed by atoms with E-state index in [-0.39, 0.29) is 5.91 Å². The number of carbonyl (C=O) groups excluding carboxylic acids is 1. The van der Waals surface area contributed by atoms with Gasteiger partial charge in [0, 0.05) is 5.56 Å². The summed E-state index contributed by atoms with van der Waals surface area (Å²) in [4.78, 5) is 21.2. The Hall–Kier alpha value is -2.57. The number of benzene rings is 2. The van der Waals surface area contributed by atoms with Crippen molar-refractivity contribution in [2.45, 2.75) is 19.9 Å². The summed E-state index contributed by atoms with van der Waals surface area (Å²) in [6.45, 7) is 7.82. The molecule has 2 aromatic rings. The minimum absolute atomic E-state index is 0.139. The highest BCUT2D eigenvalue weighted by Crippen LogP contribution is 2.30. The lowest BCUT2D eigenvalue weighted by Crippen LogP contribution is -3.13. The van der Waals surface area contributed by atoms with Crippen LogP contribution in [0, 0.1) is 0 Å². The van der Waals surface area contributed by atoms with E-state index in [1.54, 1.807) is 4.90 Å². The summed E-state index contributed by atoms with van der Waals surface area (Å²) in [7, 11) is 0. The van der Waals surface area contributed by atoms with Crippen LogP contribution in [0.2, 0.25) is 0 Å². The summed E-state index contributed by atoms with van der Waals surface area (Å²) >= 11 is 1.49. The lowest BCUT2D eigenvalue weighted by atomic mass is 10.2. The average molecular weight is 423 g/mol. The molecule has 5 nitrogen and oxygen atoms in total. The second-order valence-electron chi connectivity index (χ2n) is 7.63. The van der Waals surface area contributed by atoms with Gasteiger partial charge < -0.3 is 14.5 Å². The summed E-state index contributed by atoms with van der Waals surface area (Å²) in [6, 6.07) is 18.5. The van der Waals surface area contributed by atoms with Gasteiger partial charge in [0.15, 0.2) is 5.17 Å². The first kappa shape index (κ1) is 20.7. The molecule has 1 amide bonds. The second kappa shape index (κ2) is 9.96. The van der Waals surface area contributed by atoms with Crippen molar-refractivity contribution in [3.05, 3.63) is 70.6 Å². The van der Waals surface area contributed by atoms with Gasteiger partial charge in [0.25, 0.3) is 5.91 Å². The molecule has 0 spiro atoms. The molecule has 0 radical (unpaired) electrons. The van der Waals surface area contributed by atoms with Crippen LogP contribution >= 0.6 is 11.8 Å². The quantitative estimate of drug-likeness (QED) is 0.728. The van der Waals surface area contributed by atoms with E-state index in [4.69, 9.17) is 4.74 Å². The predicted octanol–water partition coefficient (Wildman–Crippen LogP) is 2.85. The third-order valence-corrected chi connectivity index (χ3v) is 6.34. The zero-order chi connectivity index (χ0) is 20.8. The molecule has 1 saturated heterocycles. The molecule has 0 aromatic heterocycles. The molecule has 0 unspecified atom stereocenters. The summed E-state index contributed by atoms with van der Waals surface area (Å²) in [5.74, 6) is 0.720. The minimum Gasteiger partial charge on any atom is -0.494 e. The first-order valence-corrected chi connectivity index (χ1v) is 11.4. The van der Waals surface area contributed by atoms with E-state index < -0.39 is 0 Å². The fourth-order valence-corrected chi connectivity index (χ4v) is 4.61. The van der Waals surface area contributed by atoms with Crippen LogP contribution in [-0.2, 0) is 11.3 Å². The molecule has 2 aliphatic heterocycles. The van der Waals surface area contributed by atoms with Crippen LogP contribution in [0.4, 0.5) is 0 Å². The zero-order valence-electron chi connectivity index (χ0n) is 17.3. The standard InChI is InChI=1S/C24H27N3O2S/c1-2-16-29-21-10-8-19(9-11-21)17-22-23(28)25-24(30-22)27-14-12-26(13-15-27)18-20-6-4-3-5-7-20/h3-11,17H,2,12-16,18H2,1H3/p+1/b22-17+. The van der Waals surface area contributed by atoms with Gasteiger partial charge in [-0.3, -0.25) is 4.79 Å². The van der Waals surface area contributed by atoms with Crippen LogP contribution in [0.25, 0.3) is 6.08 Å². The summed E-state index contributed by atoms with van der Waals surface area (Å²) in [5, 5.41) is 0.841. The van der Waals surface area contributed by atoms with Gasteiger partial charge in [0.1, 0.15) is 12.3 Å². The maximum absolute atomic E-state index is 12.4. The van der Waals surface area contributed by atoms with Crippen LogP contribution in [-0.4, -0.2) is 48.8 Å². The van der Waals surface area contributed by atoms with Crippen LogP contribution in [0.15, 0.2) is 64.5 Å². The summed E-state index contributed by atoms with van der Waals surface area (Å²) in [5.41, 5.74) is 2.36. The normalized spacial score (nSPS) is 18.7. The van der Waals surface area contributed by atoms with Crippen molar-refractivity contribution in [2.24, 2.45) is 4.99 Å². The molecule has 30 heavy (non-hydrogen) atoms. The Morgan fingerprint density at radius 3 is 2.53 bits per heavy atom. The largest absolute Gasteiger partial charge is 0.494 e. The van der Waals surface area contributed by atoms with Crippen molar-refractivity contribution in [2.75, 3.05) is 32.8 Å². The highest BCUT2D eigenvalue weighted by molar-refractivity contribution is 8.18. The van der Waals surface area contributed by atoms with Crippen LogP contribution in [0.3, 0.4) is 0 Å². The molecule has 1 N–H and O–H groups in total. The number of rotatable bonds is 6. The van der Waals surface area contributed by atoms with Crippen molar-refractivity contribution in [1.29, 1.82) is 0 Å². The Balaban J connectivity index is 1.31. The van der Waals surface area contributed by atoms with E-state index in [2.05, 4.69) is 47.1 Å². The van der Waals surface area contributed by atoms with E-state index >= 15 is 0 Å². The monoisotopic (exact) mass is 422 g/mol. The molecule has 4 rings (SSSR count). The maximum atomic E-state index is 12.4. The molecule has 2 heterocycles. The third-order valence-electron chi connectivity index (χ3n) is 5.30. The van der Waals surface area contributed by atoms with Gasteiger partial charge >= 0.3 is 0 Å². The number of amides is 1. The SMILES string of the molecule is CCCOc1ccc(/C=C2/SC(N3CC[NH+](Cc4ccccc4)CC3)=NC2=O)cc1. The lowest BCUT2D eigenvalue weighted by Gasteiger charge is -2.32. The fraction of sp³-hybridized carbons (Fsp3) is 0.333. The molecule has 2 aromatic carbocycles. The van der Waals surface area contributed by atoms with E-state index in [1.807, 2.05) is 30.3 Å². The minimum atomic E-state index is -0.139. The van der Waals surface area contributed by atoms with Gasteiger partial charge in [-0.05, 0) is 42.0 Å². The summed E-state index contributed by atoms with van der Waals surface area (Å²) < 4.78 is 5.62. The Bertz CT molecular complexity index is 917. The van der Waals surface area contributed by atoms with Gasteiger partial charge in [-0.25, -0.2) is 0 Å². The Kier molecular flexibility index (Phi) is 6.87. The fourth-order valence-electron chi connectivity index (χ4n) is 3.64. The molecule has 156 valence electrons. The molecular formula is C24H28N3O2S+. The first-order valence-electron chi connectivity index (χ1n) is 10.6. The summed E-state index contributed by atoms with van der Waals surface area (Å²) in [6.07, 6.45) is 2.91. The van der Waals surface area contributed by atoms with E-state index in [1.165, 1.54) is 17.3 Å². The Labute approximate surface area is 182 Å². The third kappa shape index (κ3) is 5.32. The number of thioether (sulfide) groups is 1. The number of hydrogen-bond donors (Lipinski definition) is 1. The highest BCUT2D eigenvalue weighted by atomic mass is 32.2. The highest BCUT2D eigenvalue weighted by Gasteiger charge is 2.29. The molecule has 0 aliphatic carbocycles. The first-order chi connectivity index (χ1) is 14.7. The number of piperazine rings is 1. The molecule has 0 bridgehead atoms. The number of ether oxygens (including phenoxy) is 1. The van der Waals surface area contributed by atoms with Crippen molar-refractivity contribution in [1.82, 2.24) is 4.90 Å². The van der Waals surface area contributed by atoms with Gasteiger partial charge in [0.2, 0.25) is 0 Å².